The maximum Gasteiger partial charge on any atom is 0.416 e. The molecule has 1 aromatic carbocycles. The SMILES string of the molecule is COC(=O)C(Br)Cc1ccc(C(F)(F)F)cc1C#N. The van der Waals surface area contributed by atoms with Gasteiger partial charge in [0.2, 0.25) is 0 Å². The summed E-state index contributed by atoms with van der Waals surface area (Å²) in [6.45, 7) is 0. The molecule has 0 N–H and O–H groups in total. The number of rotatable bonds is 3. The van der Waals surface area contributed by atoms with Crippen LogP contribution in [-0.2, 0) is 22.1 Å². The fourth-order valence-corrected chi connectivity index (χ4v) is 1.97. The summed E-state index contributed by atoms with van der Waals surface area (Å²) in [5.41, 5.74) is -0.650. The van der Waals surface area contributed by atoms with Crippen molar-refractivity contribution in [1.29, 1.82) is 5.26 Å². The molecule has 1 aromatic rings. The van der Waals surface area contributed by atoms with Crippen molar-refractivity contribution in [2.75, 3.05) is 7.11 Å². The third kappa shape index (κ3) is 3.96. The summed E-state index contributed by atoms with van der Waals surface area (Å²) < 4.78 is 42.0. The monoisotopic (exact) mass is 335 g/mol. The van der Waals surface area contributed by atoms with Gasteiger partial charge in [-0.25, -0.2) is 0 Å². The number of halogens is 4. The summed E-state index contributed by atoms with van der Waals surface area (Å²) in [5.74, 6) is -0.552. The molecule has 0 aromatic heterocycles. The van der Waals surface area contributed by atoms with E-state index in [2.05, 4.69) is 20.7 Å². The maximum atomic E-state index is 12.5. The minimum Gasteiger partial charge on any atom is -0.468 e. The molecule has 0 fully saturated rings. The molecule has 0 spiro atoms. The third-order valence-electron chi connectivity index (χ3n) is 2.41. The molecular formula is C12H9BrF3NO2. The second-order valence-corrected chi connectivity index (χ2v) is 4.78. The van der Waals surface area contributed by atoms with Gasteiger partial charge >= 0.3 is 12.1 Å². The van der Waals surface area contributed by atoms with Crippen LogP contribution in [0.25, 0.3) is 0 Å². The molecule has 1 rings (SSSR count). The number of carbonyl (C=O) groups excluding carboxylic acids is 1. The van der Waals surface area contributed by atoms with Crippen LogP contribution in [0.2, 0.25) is 0 Å². The minimum atomic E-state index is -4.50. The largest absolute Gasteiger partial charge is 0.468 e. The van der Waals surface area contributed by atoms with Crippen molar-refractivity contribution >= 4 is 21.9 Å². The van der Waals surface area contributed by atoms with E-state index in [1.54, 1.807) is 6.07 Å². The number of ether oxygens (including phenoxy) is 1. The second kappa shape index (κ2) is 6.06. The van der Waals surface area contributed by atoms with Gasteiger partial charge in [-0.3, -0.25) is 4.79 Å². The molecule has 1 atom stereocenters. The van der Waals surface area contributed by atoms with Crippen LogP contribution in [0.1, 0.15) is 16.7 Å². The lowest BCUT2D eigenvalue weighted by Crippen LogP contribution is -2.18. The molecule has 1 unspecified atom stereocenters. The molecule has 0 saturated carbocycles. The first-order valence-corrected chi connectivity index (χ1v) is 6.03. The lowest BCUT2D eigenvalue weighted by atomic mass is 10.0. The Morgan fingerprint density at radius 3 is 2.63 bits per heavy atom. The van der Waals surface area contributed by atoms with Crippen LogP contribution in [0.3, 0.4) is 0 Å². The molecule has 0 saturated heterocycles. The van der Waals surface area contributed by atoms with Crippen LogP contribution in [0.5, 0.6) is 0 Å². The fraction of sp³-hybridized carbons (Fsp3) is 0.333. The standard InChI is InChI=1S/C12H9BrF3NO2/c1-19-11(18)10(13)5-7-2-3-9(12(14,15)16)4-8(7)6-17/h2-4,10H,5H2,1H3. The van der Waals surface area contributed by atoms with Gasteiger partial charge in [0.25, 0.3) is 0 Å². The van der Waals surface area contributed by atoms with E-state index in [0.29, 0.717) is 5.56 Å². The predicted molar refractivity (Wildman–Crippen MR) is 64.6 cm³/mol. The molecule has 0 amide bonds. The number of hydrogen-bond acceptors (Lipinski definition) is 3. The Morgan fingerprint density at radius 2 is 2.16 bits per heavy atom. The number of hydrogen-bond donors (Lipinski definition) is 0. The number of nitriles is 1. The van der Waals surface area contributed by atoms with E-state index in [4.69, 9.17) is 5.26 Å². The second-order valence-electron chi connectivity index (χ2n) is 3.68. The number of benzene rings is 1. The van der Waals surface area contributed by atoms with Gasteiger partial charge in [-0.2, -0.15) is 18.4 Å². The highest BCUT2D eigenvalue weighted by atomic mass is 79.9. The summed E-state index contributed by atoms with van der Waals surface area (Å²) >= 11 is 3.06. The van der Waals surface area contributed by atoms with E-state index in [9.17, 15) is 18.0 Å². The first-order chi connectivity index (χ1) is 8.79. The van der Waals surface area contributed by atoms with Crippen LogP contribution in [0, 0.1) is 11.3 Å². The number of methoxy groups -OCH3 is 1. The van der Waals surface area contributed by atoms with Gasteiger partial charge in [-0.05, 0) is 24.1 Å². The molecule has 0 aliphatic carbocycles. The molecule has 0 heterocycles. The topological polar surface area (TPSA) is 50.1 Å². The highest BCUT2D eigenvalue weighted by molar-refractivity contribution is 9.10. The summed E-state index contributed by atoms with van der Waals surface area (Å²) in [5, 5.41) is 8.87. The van der Waals surface area contributed by atoms with Gasteiger partial charge in [0.1, 0.15) is 4.83 Å². The molecule has 0 aliphatic rings. The van der Waals surface area contributed by atoms with Crippen LogP contribution in [0.15, 0.2) is 18.2 Å². The Hall–Kier alpha value is -1.55. The van der Waals surface area contributed by atoms with E-state index in [-0.39, 0.29) is 12.0 Å². The van der Waals surface area contributed by atoms with Crippen molar-refractivity contribution in [2.24, 2.45) is 0 Å². The highest BCUT2D eigenvalue weighted by Gasteiger charge is 2.31. The number of nitrogens with zero attached hydrogens (tertiary/aromatic N) is 1. The van der Waals surface area contributed by atoms with Crippen LogP contribution >= 0.6 is 15.9 Å². The highest BCUT2D eigenvalue weighted by Crippen LogP contribution is 2.31. The Morgan fingerprint density at radius 1 is 1.53 bits per heavy atom. The summed E-state index contributed by atoms with van der Waals surface area (Å²) in [4.78, 5) is 10.5. The zero-order valence-electron chi connectivity index (χ0n) is 9.79. The lowest BCUT2D eigenvalue weighted by Gasteiger charge is -2.11. The summed E-state index contributed by atoms with van der Waals surface area (Å²) in [6.07, 6.45) is -4.42. The predicted octanol–water partition coefficient (Wildman–Crippen LogP) is 3.06. The molecule has 102 valence electrons. The van der Waals surface area contributed by atoms with E-state index in [0.717, 1.165) is 12.1 Å². The molecule has 0 bridgehead atoms. The van der Waals surface area contributed by atoms with Gasteiger partial charge < -0.3 is 4.74 Å². The maximum absolute atomic E-state index is 12.5. The van der Waals surface area contributed by atoms with Gasteiger partial charge in [0.05, 0.1) is 24.3 Å². The van der Waals surface area contributed by atoms with Gasteiger partial charge in [0.15, 0.2) is 0 Å². The summed E-state index contributed by atoms with van der Waals surface area (Å²) in [6, 6.07) is 4.54. The Bertz CT molecular complexity index is 523. The van der Waals surface area contributed by atoms with Crippen LogP contribution in [0.4, 0.5) is 13.2 Å². The molecule has 3 nitrogen and oxygen atoms in total. The molecule has 0 aliphatic heterocycles. The zero-order chi connectivity index (χ0) is 14.6. The first-order valence-electron chi connectivity index (χ1n) is 5.11. The number of alkyl halides is 4. The average Bonchev–Trinajstić information content (AvgIpc) is 2.36. The van der Waals surface area contributed by atoms with Crippen molar-refractivity contribution in [3.63, 3.8) is 0 Å². The first kappa shape index (κ1) is 15.5. The third-order valence-corrected chi connectivity index (χ3v) is 3.11. The van der Waals surface area contributed by atoms with Crippen molar-refractivity contribution in [2.45, 2.75) is 17.4 Å². The Labute approximate surface area is 116 Å². The normalized spacial score (nSPS) is 12.6. The van der Waals surface area contributed by atoms with E-state index >= 15 is 0 Å². The van der Waals surface area contributed by atoms with E-state index in [1.807, 2.05) is 0 Å². The zero-order valence-corrected chi connectivity index (χ0v) is 11.4. The smallest absolute Gasteiger partial charge is 0.416 e. The van der Waals surface area contributed by atoms with Crippen molar-refractivity contribution in [3.8, 4) is 6.07 Å². The fourth-order valence-electron chi connectivity index (χ4n) is 1.44. The molecule has 0 radical (unpaired) electrons. The van der Waals surface area contributed by atoms with Gasteiger partial charge in [-0.1, -0.05) is 22.0 Å². The van der Waals surface area contributed by atoms with Crippen molar-refractivity contribution in [1.82, 2.24) is 0 Å². The van der Waals surface area contributed by atoms with Crippen molar-refractivity contribution < 1.29 is 22.7 Å². The van der Waals surface area contributed by atoms with E-state index < -0.39 is 22.5 Å². The lowest BCUT2D eigenvalue weighted by molar-refractivity contribution is -0.140. The van der Waals surface area contributed by atoms with Gasteiger partial charge in [0, 0.05) is 0 Å². The minimum absolute atomic E-state index is 0.0771. The van der Waals surface area contributed by atoms with Crippen LogP contribution < -0.4 is 0 Å². The molecular weight excluding hydrogens is 327 g/mol. The Balaban J connectivity index is 3.05. The number of carbonyl (C=O) groups is 1. The van der Waals surface area contributed by atoms with Gasteiger partial charge in [-0.15, -0.1) is 0 Å². The quantitative estimate of drug-likeness (QED) is 0.630. The van der Waals surface area contributed by atoms with E-state index in [1.165, 1.54) is 13.2 Å². The Kier molecular flexibility index (Phi) is 4.95. The number of esters is 1. The molecule has 7 heteroatoms. The summed E-state index contributed by atoms with van der Waals surface area (Å²) in [7, 11) is 1.20. The average molecular weight is 336 g/mol. The van der Waals surface area contributed by atoms with Crippen molar-refractivity contribution in [3.05, 3.63) is 34.9 Å². The molecule has 19 heavy (non-hydrogen) atoms. The van der Waals surface area contributed by atoms with Crippen LogP contribution in [-0.4, -0.2) is 17.9 Å².